The molecular weight excluding hydrogens is 304 g/mol. The van der Waals surface area contributed by atoms with Crippen LogP contribution in [0, 0.1) is 0 Å². The second-order valence-corrected chi connectivity index (χ2v) is 4.70. The van der Waals surface area contributed by atoms with E-state index >= 15 is 0 Å². The summed E-state index contributed by atoms with van der Waals surface area (Å²) in [6.07, 6.45) is 0.450. The lowest BCUT2D eigenvalue weighted by molar-refractivity contribution is -0.144. The van der Waals surface area contributed by atoms with Crippen LogP contribution in [0.2, 0.25) is 0 Å². The molecule has 3 N–H and O–H groups in total. The van der Waals surface area contributed by atoms with E-state index in [1.165, 1.54) is 13.0 Å². The Morgan fingerprint density at radius 3 is 2.61 bits per heavy atom. The van der Waals surface area contributed by atoms with Crippen LogP contribution < -0.4 is 20.1 Å². The van der Waals surface area contributed by atoms with Gasteiger partial charge in [0.1, 0.15) is 5.70 Å². The molecule has 3 amide bonds. The molecule has 0 spiro atoms. The second kappa shape index (κ2) is 6.82. The van der Waals surface area contributed by atoms with Gasteiger partial charge in [0.15, 0.2) is 17.6 Å². The Labute approximate surface area is 132 Å². The fourth-order valence-corrected chi connectivity index (χ4v) is 1.87. The van der Waals surface area contributed by atoms with Crippen molar-refractivity contribution in [3.05, 3.63) is 29.5 Å². The van der Waals surface area contributed by atoms with Gasteiger partial charge in [-0.05, 0) is 37.6 Å². The van der Waals surface area contributed by atoms with E-state index < -0.39 is 24.0 Å². The Hall–Kier alpha value is -3.03. The molecule has 0 radical (unpaired) electrons. The van der Waals surface area contributed by atoms with E-state index in [0.29, 0.717) is 17.9 Å². The van der Waals surface area contributed by atoms with Crippen molar-refractivity contribution in [1.29, 1.82) is 0 Å². The molecule has 1 heterocycles. The maximum atomic E-state index is 11.5. The fraction of sp³-hybridized carbons (Fsp3) is 0.267. The zero-order valence-electron chi connectivity index (χ0n) is 12.6. The minimum atomic E-state index is -1.09. The summed E-state index contributed by atoms with van der Waals surface area (Å²) in [7, 11) is 0. The normalized spacial score (nSPS) is 16.7. The molecule has 1 aromatic rings. The van der Waals surface area contributed by atoms with E-state index in [2.05, 4.69) is 10.6 Å². The molecular formula is C15H16N2O6. The molecule has 1 saturated heterocycles. The van der Waals surface area contributed by atoms with Crippen molar-refractivity contribution in [2.45, 2.75) is 20.0 Å². The molecule has 8 nitrogen and oxygen atoms in total. The topological polar surface area (TPSA) is 114 Å². The van der Waals surface area contributed by atoms with Gasteiger partial charge in [0.05, 0.1) is 6.61 Å². The highest BCUT2D eigenvalue weighted by Crippen LogP contribution is 2.30. The first-order chi connectivity index (χ1) is 10.9. The average Bonchev–Trinajstić information content (AvgIpc) is 2.79. The van der Waals surface area contributed by atoms with Gasteiger partial charge in [-0.25, -0.2) is 9.59 Å². The Morgan fingerprint density at radius 1 is 1.30 bits per heavy atom. The van der Waals surface area contributed by atoms with Crippen LogP contribution in [0.1, 0.15) is 19.4 Å². The van der Waals surface area contributed by atoms with Gasteiger partial charge in [0.25, 0.3) is 5.91 Å². The quantitative estimate of drug-likeness (QED) is 0.534. The summed E-state index contributed by atoms with van der Waals surface area (Å²) in [5, 5.41) is 13.4. The monoisotopic (exact) mass is 320 g/mol. The summed E-state index contributed by atoms with van der Waals surface area (Å²) in [6, 6.07) is 4.18. The van der Waals surface area contributed by atoms with E-state index in [1.54, 1.807) is 25.1 Å². The third kappa shape index (κ3) is 4.00. The number of hydrogen-bond acceptors (Lipinski definition) is 5. The number of imide groups is 1. The Balaban J connectivity index is 2.28. The summed E-state index contributed by atoms with van der Waals surface area (Å²) in [5.41, 5.74) is 0.709. The van der Waals surface area contributed by atoms with E-state index in [-0.39, 0.29) is 11.4 Å². The third-order valence-electron chi connectivity index (χ3n) is 2.95. The highest BCUT2D eigenvalue weighted by Gasteiger charge is 2.23. The molecule has 2 rings (SSSR count). The van der Waals surface area contributed by atoms with Crippen molar-refractivity contribution >= 4 is 24.0 Å². The summed E-state index contributed by atoms with van der Waals surface area (Å²) < 4.78 is 10.8. The minimum absolute atomic E-state index is 0.116. The van der Waals surface area contributed by atoms with Crippen molar-refractivity contribution in [1.82, 2.24) is 10.6 Å². The first-order valence-electron chi connectivity index (χ1n) is 6.91. The van der Waals surface area contributed by atoms with E-state index in [1.807, 2.05) is 0 Å². The molecule has 1 aliphatic rings. The van der Waals surface area contributed by atoms with Gasteiger partial charge in [-0.1, -0.05) is 6.07 Å². The standard InChI is InChI=1S/C15H16N2O6/c1-3-22-12-7-9(6-10-13(18)17-15(21)16-10)4-5-11(12)23-8(2)14(19)20/h4-8H,3H2,1-2H3,(H,19,20)(H2,16,17,18,21)/b10-6+/t8-/m0/s1. The smallest absolute Gasteiger partial charge is 0.344 e. The Morgan fingerprint density at radius 2 is 2.04 bits per heavy atom. The van der Waals surface area contributed by atoms with E-state index in [0.717, 1.165) is 0 Å². The van der Waals surface area contributed by atoms with Gasteiger partial charge in [0, 0.05) is 0 Å². The number of rotatable bonds is 6. The number of nitrogens with one attached hydrogen (secondary N) is 2. The number of amides is 3. The molecule has 1 atom stereocenters. The maximum Gasteiger partial charge on any atom is 0.344 e. The van der Waals surface area contributed by atoms with Crippen molar-refractivity contribution in [2.75, 3.05) is 6.61 Å². The molecule has 0 bridgehead atoms. The van der Waals surface area contributed by atoms with E-state index in [4.69, 9.17) is 14.6 Å². The predicted octanol–water partition coefficient (Wildman–Crippen LogP) is 1.12. The summed E-state index contributed by atoms with van der Waals surface area (Å²) >= 11 is 0. The van der Waals surface area contributed by atoms with Crippen LogP contribution in [0.4, 0.5) is 4.79 Å². The lowest BCUT2D eigenvalue weighted by atomic mass is 10.1. The summed E-state index contributed by atoms with van der Waals surface area (Å²) in [5.74, 6) is -0.986. The number of ether oxygens (including phenoxy) is 2. The lowest BCUT2D eigenvalue weighted by Crippen LogP contribution is -2.23. The SMILES string of the molecule is CCOc1cc(/C=C2/NC(=O)NC2=O)ccc1O[C@@H](C)C(=O)O. The predicted molar refractivity (Wildman–Crippen MR) is 80.0 cm³/mol. The highest BCUT2D eigenvalue weighted by molar-refractivity contribution is 6.14. The third-order valence-corrected chi connectivity index (χ3v) is 2.95. The molecule has 1 aromatic carbocycles. The molecule has 0 saturated carbocycles. The Bertz CT molecular complexity index is 683. The summed E-state index contributed by atoms with van der Waals surface area (Å²) in [4.78, 5) is 33.5. The van der Waals surface area contributed by atoms with Crippen LogP contribution in [0.3, 0.4) is 0 Å². The summed E-state index contributed by atoms with van der Waals surface area (Å²) in [6.45, 7) is 3.54. The second-order valence-electron chi connectivity index (χ2n) is 4.70. The van der Waals surface area contributed by atoms with Crippen molar-refractivity contribution in [3.8, 4) is 11.5 Å². The number of hydrogen-bond donors (Lipinski definition) is 3. The number of carbonyl (C=O) groups excluding carboxylic acids is 2. The first kappa shape index (κ1) is 16.3. The van der Waals surface area contributed by atoms with Gasteiger partial charge in [-0.3, -0.25) is 10.1 Å². The number of benzene rings is 1. The van der Waals surface area contributed by atoms with Gasteiger partial charge in [0.2, 0.25) is 0 Å². The molecule has 122 valence electrons. The van der Waals surface area contributed by atoms with Crippen LogP contribution in [-0.2, 0) is 9.59 Å². The van der Waals surface area contributed by atoms with Crippen molar-refractivity contribution < 1.29 is 29.0 Å². The van der Waals surface area contributed by atoms with Gasteiger partial charge < -0.3 is 19.9 Å². The highest BCUT2D eigenvalue weighted by atomic mass is 16.5. The van der Waals surface area contributed by atoms with Gasteiger partial charge in [-0.15, -0.1) is 0 Å². The van der Waals surface area contributed by atoms with Crippen LogP contribution in [-0.4, -0.2) is 35.7 Å². The number of carbonyl (C=O) groups is 3. The molecule has 23 heavy (non-hydrogen) atoms. The maximum absolute atomic E-state index is 11.5. The lowest BCUT2D eigenvalue weighted by Gasteiger charge is -2.15. The van der Waals surface area contributed by atoms with Crippen LogP contribution in [0.5, 0.6) is 11.5 Å². The number of carboxylic acid groups (broad SMARTS) is 1. The van der Waals surface area contributed by atoms with Crippen molar-refractivity contribution in [3.63, 3.8) is 0 Å². The molecule has 0 aromatic heterocycles. The number of carboxylic acids is 1. The van der Waals surface area contributed by atoms with Gasteiger partial charge >= 0.3 is 12.0 Å². The molecule has 1 aliphatic heterocycles. The Kier molecular flexibility index (Phi) is 4.85. The molecule has 0 unspecified atom stereocenters. The zero-order chi connectivity index (χ0) is 17.0. The zero-order valence-corrected chi connectivity index (χ0v) is 12.6. The molecule has 1 fully saturated rings. The van der Waals surface area contributed by atoms with Crippen LogP contribution in [0.15, 0.2) is 23.9 Å². The molecule has 0 aliphatic carbocycles. The van der Waals surface area contributed by atoms with Crippen molar-refractivity contribution in [2.24, 2.45) is 0 Å². The van der Waals surface area contributed by atoms with Gasteiger partial charge in [-0.2, -0.15) is 0 Å². The minimum Gasteiger partial charge on any atom is -0.490 e. The van der Waals surface area contributed by atoms with Crippen LogP contribution in [0.25, 0.3) is 6.08 Å². The van der Waals surface area contributed by atoms with E-state index in [9.17, 15) is 14.4 Å². The fourth-order valence-electron chi connectivity index (χ4n) is 1.87. The average molecular weight is 320 g/mol. The van der Waals surface area contributed by atoms with Crippen LogP contribution >= 0.6 is 0 Å². The largest absolute Gasteiger partial charge is 0.490 e. The molecule has 8 heteroatoms. The number of urea groups is 1. The first-order valence-corrected chi connectivity index (χ1v) is 6.91. The number of aliphatic carboxylic acids is 1.